The molecule has 3 atom stereocenters. The van der Waals surface area contributed by atoms with E-state index in [0.29, 0.717) is 0 Å². The molecule has 3 fully saturated rings. The number of rotatable bonds is 8. The van der Waals surface area contributed by atoms with Gasteiger partial charge in [-0.25, -0.2) is 0 Å². The Balaban J connectivity index is 1.41. The Labute approximate surface area is 211 Å². The number of aryl methyl sites for hydroxylation is 2. The molecule has 0 bridgehead atoms. The lowest BCUT2D eigenvalue weighted by Crippen LogP contribution is -2.68. The first-order valence-electron chi connectivity index (χ1n) is 13.7. The largest absolute Gasteiger partial charge is 0.497 e. The Morgan fingerprint density at radius 3 is 2.54 bits per heavy atom. The van der Waals surface area contributed by atoms with E-state index >= 15 is 0 Å². The number of ether oxygens (including phenoxy) is 1. The van der Waals surface area contributed by atoms with Crippen LogP contribution in [0, 0.1) is 12.8 Å². The van der Waals surface area contributed by atoms with Crippen LogP contribution in [0.25, 0.3) is 0 Å². The number of piperidine rings is 1. The van der Waals surface area contributed by atoms with E-state index in [2.05, 4.69) is 59.0 Å². The van der Waals surface area contributed by atoms with Crippen molar-refractivity contribution in [2.75, 3.05) is 39.8 Å². The number of pyridine rings is 1. The molecule has 190 valence electrons. The van der Waals surface area contributed by atoms with Gasteiger partial charge < -0.3 is 14.7 Å². The summed E-state index contributed by atoms with van der Waals surface area (Å²) in [4.78, 5) is 9.35. The summed E-state index contributed by atoms with van der Waals surface area (Å²) in [6.45, 7) is 9.79. The molecule has 3 aliphatic rings. The fourth-order valence-corrected chi connectivity index (χ4v) is 6.93. The molecule has 1 aliphatic carbocycles. The molecular formula is C30H43N3O2. The van der Waals surface area contributed by atoms with E-state index < -0.39 is 5.60 Å². The molecule has 5 heteroatoms. The van der Waals surface area contributed by atoms with Crippen molar-refractivity contribution >= 4 is 0 Å². The van der Waals surface area contributed by atoms with E-state index in [9.17, 15) is 5.11 Å². The van der Waals surface area contributed by atoms with Crippen LogP contribution in [0.3, 0.4) is 0 Å². The maximum Gasteiger partial charge on any atom is 0.119 e. The summed E-state index contributed by atoms with van der Waals surface area (Å²) in [5.74, 6) is 1.73. The van der Waals surface area contributed by atoms with Crippen LogP contribution in [0.2, 0.25) is 0 Å². The molecule has 3 heterocycles. The van der Waals surface area contributed by atoms with Gasteiger partial charge in [-0.2, -0.15) is 0 Å². The molecule has 5 rings (SSSR count). The minimum atomic E-state index is -0.753. The Morgan fingerprint density at radius 1 is 1.06 bits per heavy atom. The van der Waals surface area contributed by atoms with Crippen molar-refractivity contribution in [3.63, 3.8) is 0 Å². The average molecular weight is 478 g/mol. The second-order valence-corrected chi connectivity index (χ2v) is 11.4. The lowest BCUT2D eigenvalue weighted by molar-refractivity contribution is -0.136. The Hall–Kier alpha value is -1.95. The number of nitrogens with zero attached hydrogens (tertiary/aromatic N) is 3. The second kappa shape index (κ2) is 10.2. The maximum atomic E-state index is 12.7. The summed E-state index contributed by atoms with van der Waals surface area (Å²) in [6, 6.07) is 10.9. The third-order valence-electron chi connectivity index (χ3n) is 9.40. The molecule has 1 saturated carbocycles. The predicted octanol–water partition coefficient (Wildman–Crippen LogP) is 4.60. The third-order valence-corrected chi connectivity index (χ3v) is 9.40. The zero-order chi connectivity index (χ0) is 24.5. The van der Waals surface area contributed by atoms with Crippen LogP contribution in [0.15, 0.2) is 42.7 Å². The van der Waals surface area contributed by atoms with E-state index in [1.54, 1.807) is 7.11 Å². The third kappa shape index (κ3) is 4.87. The van der Waals surface area contributed by atoms with Crippen molar-refractivity contribution in [3.8, 4) is 5.75 Å². The van der Waals surface area contributed by atoms with E-state index in [1.807, 2.05) is 12.4 Å². The van der Waals surface area contributed by atoms with Crippen LogP contribution >= 0.6 is 0 Å². The number of hydrogen-bond acceptors (Lipinski definition) is 5. The fraction of sp³-hybridized carbons (Fsp3) is 0.633. The van der Waals surface area contributed by atoms with E-state index in [1.165, 1.54) is 29.5 Å². The molecular weight excluding hydrogens is 434 g/mol. The first-order valence-corrected chi connectivity index (χ1v) is 13.7. The fourth-order valence-electron chi connectivity index (χ4n) is 6.93. The Kier molecular flexibility index (Phi) is 7.20. The first-order chi connectivity index (χ1) is 16.9. The zero-order valence-corrected chi connectivity index (χ0v) is 21.9. The average Bonchev–Trinajstić information content (AvgIpc) is 3.71. The van der Waals surface area contributed by atoms with Crippen LogP contribution in [0.5, 0.6) is 5.75 Å². The van der Waals surface area contributed by atoms with Crippen molar-refractivity contribution in [2.24, 2.45) is 5.92 Å². The molecule has 2 aliphatic heterocycles. The minimum Gasteiger partial charge on any atom is -0.497 e. The van der Waals surface area contributed by atoms with Gasteiger partial charge >= 0.3 is 0 Å². The van der Waals surface area contributed by atoms with Crippen LogP contribution in [0.1, 0.15) is 62.1 Å². The number of benzene rings is 1. The summed E-state index contributed by atoms with van der Waals surface area (Å²) >= 11 is 0. The standard InChI is InChI=1S/C30H43N3O2/c1-23-6-9-27(35-3)21-28(23)29-12-18-32(17-4-5-25-10-15-31-16-11-25)19-14-30(29,34)24(2)33(20-13-29)22-26-7-8-26/h6,9-11,15-16,21,24,26,34H,4-5,7-8,12-14,17-20,22H2,1-3H3. The van der Waals surface area contributed by atoms with Gasteiger partial charge in [-0.15, -0.1) is 0 Å². The second-order valence-electron chi connectivity index (χ2n) is 11.4. The molecule has 1 aromatic carbocycles. The smallest absolute Gasteiger partial charge is 0.119 e. The Bertz CT molecular complexity index is 994. The van der Waals surface area contributed by atoms with Gasteiger partial charge in [0, 0.05) is 36.9 Å². The van der Waals surface area contributed by atoms with Gasteiger partial charge in [-0.1, -0.05) is 6.07 Å². The lowest BCUT2D eigenvalue weighted by Gasteiger charge is -2.58. The summed E-state index contributed by atoms with van der Waals surface area (Å²) < 4.78 is 5.66. The monoisotopic (exact) mass is 477 g/mol. The van der Waals surface area contributed by atoms with Gasteiger partial charge in [0.05, 0.1) is 12.7 Å². The van der Waals surface area contributed by atoms with E-state index in [0.717, 1.165) is 76.5 Å². The maximum absolute atomic E-state index is 12.7. The number of fused-ring (bicyclic) bond motifs is 1. The predicted molar refractivity (Wildman–Crippen MR) is 141 cm³/mol. The molecule has 1 N–H and O–H groups in total. The highest BCUT2D eigenvalue weighted by molar-refractivity contribution is 5.44. The quantitative estimate of drug-likeness (QED) is 0.602. The zero-order valence-electron chi connectivity index (χ0n) is 21.9. The number of aliphatic hydroxyl groups is 1. The number of aromatic nitrogens is 1. The first kappa shape index (κ1) is 24.7. The molecule has 0 spiro atoms. The van der Waals surface area contributed by atoms with Gasteiger partial charge in [0.15, 0.2) is 0 Å². The van der Waals surface area contributed by atoms with Crippen molar-refractivity contribution in [1.82, 2.24) is 14.8 Å². The van der Waals surface area contributed by atoms with Crippen molar-refractivity contribution in [2.45, 2.75) is 75.9 Å². The highest BCUT2D eigenvalue weighted by Crippen LogP contribution is 2.53. The minimum absolute atomic E-state index is 0.152. The summed E-state index contributed by atoms with van der Waals surface area (Å²) in [5.41, 5.74) is 2.94. The SMILES string of the molecule is COc1ccc(C)c(C23CCN(CCCc4ccncc4)CCC2(O)C(C)N(CC2CC2)CC3)c1. The van der Waals surface area contributed by atoms with Crippen LogP contribution in [-0.2, 0) is 11.8 Å². The molecule has 0 radical (unpaired) electrons. The van der Waals surface area contributed by atoms with Crippen molar-refractivity contribution < 1.29 is 9.84 Å². The molecule has 5 nitrogen and oxygen atoms in total. The van der Waals surface area contributed by atoms with Gasteiger partial charge in [-0.3, -0.25) is 9.88 Å². The van der Waals surface area contributed by atoms with Crippen LogP contribution < -0.4 is 4.74 Å². The number of likely N-dealkylation sites (tertiary alicyclic amines) is 2. The molecule has 3 unspecified atom stereocenters. The number of hydrogen-bond donors (Lipinski definition) is 1. The van der Waals surface area contributed by atoms with E-state index in [-0.39, 0.29) is 11.5 Å². The normalized spacial score (nSPS) is 30.0. The molecule has 1 aromatic heterocycles. The molecule has 2 saturated heterocycles. The van der Waals surface area contributed by atoms with Crippen molar-refractivity contribution in [1.29, 1.82) is 0 Å². The lowest BCUT2D eigenvalue weighted by atomic mass is 9.57. The summed E-state index contributed by atoms with van der Waals surface area (Å²) in [5, 5.41) is 12.7. The van der Waals surface area contributed by atoms with Crippen molar-refractivity contribution in [3.05, 3.63) is 59.4 Å². The topological polar surface area (TPSA) is 48.8 Å². The summed E-state index contributed by atoms with van der Waals surface area (Å²) in [7, 11) is 1.75. The van der Waals surface area contributed by atoms with Gasteiger partial charge in [-0.05, 0) is 125 Å². The highest BCUT2D eigenvalue weighted by Gasteiger charge is 2.59. The summed E-state index contributed by atoms with van der Waals surface area (Å²) in [6.07, 6.45) is 11.5. The van der Waals surface area contributed by atoms with Gasteiger partial charge in [0.25, 0.3) is 0 Å². The van der Waals surface area contributed by atoms with Crippen LogP contribution in [-0.4, -0.2) is 71.4 Å². The Morgan fingerprint density at radius 2 is 1.80 bits per heavy atom. The van der Waals surface area contributed by atoms with Gasteiger partial charge in [0.2, 0.25) is 0 Å². The molecule has 0 amide bonds. The van der Waals surface area contributed by atoms with Gasteiger partial charge in [0.1, 0.15) is 5.75 Å². The van der Waals surface area contributed by atoms with Crippen LogP contribution in [0.4, 0.5) is 0 Å². The van der Waals surface area contributed by atoms with E-state index in [4.69, 9.17) is 4.74 Å². The highest BCUT2D eigenvalue weighted by atomic mass is 16.5. The number of methoxy groups -OCH3 is 1. The molecule has 35 heavy (non-hydrogen) atoms. The molecule has 2 aromatic rings.